The zero-order valence-corrected chi connectivity index (χ0v) is 9.09. The van der Waals surface area contributed by atoms with Gasteiger partial charge in [-0.2, -0.15) is 11.8 Å². The summed E-state index contributed by atoms with van der Waals surface area (Å²) in [5.74, 6) is 2.61. The molecule has 1 saturated heterocycles. The number of hydrogen-bond donors (Lipinski definition) is 1. The summed E-state index contributed by atoms with van der Waals surface area (Å²) in [5.41, 5.74) is 1.32. The van der Waals surface area contributed by atoms with Crippen LogP contribution in [0.1, 0.15) is 12.0 Å². The predicted molar refractivity (Wildman–Crippen MR) is 61.7 cm³/mol. The van der Waals surface area contributed by atoms with E-state index in [1.165, 1.54) is 23.5 Å². The molecule has 1 atom stereocenters. The molecule has 1 aliphatic heterocycles. The minimum absolute atomic E-state index is 0.747. The topological polar surface area (TPSA) is 24.9 Å². The van der Waals surface area contributed by atoms with Gasteiger partial charge in [-0.3, -0.25) is 4.98 Å². The van der Waals surface area contributed by atoms with Crippen molar-refractivity contribution >= 4 is 11.8 Å². The summed E-state index contributed by atoms with van der Waals surface area (Å²) in [4.78, 5) is 4.10. The molecule has 2 rings (SSSR count). The van der Waals surface area contributed by atoms with Gasteiger partial charge in [-0.15, -0.1) is 0 Å². The second-order valence-corrected chi connectivity index (χ2v) is 4.78. The normalized spacial score (nSPS) is 21.3. The Kier molecular flexibility index (Phi) is 3.83. The predicted octanol–water partition coefficient (Wildman–Crippen LogP) is 1.72. The summed E-state index contributed by atoms with van der Waals surface area (Å²) in [7, 11) is 0. The number of nitrogens with zero attached hydrogens (tertiary/aromatic N) is 1. The maximum Gasteiger partial charge on any atom is 0.0300 e. The molecule has 1 N–H and O–H groups in total. The fourth-order valence-corrected chi connectivity index (χ4v) is 2.85. The lowest BCUT2D eigenvalue weighted by atomic mass is 10.2. The molecule has 1 aromatic heterocycles. The highest BCUT2D eigenvalue weighted by molar-refractivity contribution is 7.99. The molecule has 0 spiro atoms. The zero-order chi connectivity index (χ0) is 9.64. The molecule has 14 heavy (non-hydrogen) atoms. The first-order valence-electron chi connectivity index (χ1n) is 5.15. The molecule has 0 aromatic carbocycles. The summed E-state index contributed by atoms with van der Waals surface area (Å²) in [6, 6.07) is 4.88. The number of pyridine rings is 1. The van der Waals surface area contributed by atoms with Crippen molar-refractivity contribution in [3.63, 3.8) is 0 Å². The van der Waals surface area contributed by atoms with E-state index in [1.54, 1.807) is 0 Å². The number of hydrogen-bond acceptors (Lipinski definition) is 3. The molecule has 2 nitrogen and oxygen atoms in total. The van der Waals surface area contributed by atoms with Gasteiger partial charge < -0.3 is 5.32 Å². The van der Waals surface area contributed by atoms with E-state index in [0.29, 0.717) is 0 Å². The Labute approximate surface area is 89.5 Å². The van der Waals surface area contributed by atoms with E-state index in [1.807, 2.05) is 18.5 Å². The highest BCUT2D eigenvalue weighted by Gasteiger charge is 2.13. The van der Waals surface area contributed by atoms with E-state index in [-0.39, 0.29) is 0 Å². The summed E-state index contributed by atoms with van der Waals surface area (Å²) in [6.07, 6.45) is 6.20. The lowest BCUT2D eigenvalue weighted by Gasteiger charge is -2.10. The lowest BCUT2D eigenvalue weighted by Crippen LogP contribution is -2.30. The van der Waals surface area contributed by atoms with E-state index in [4.69, 9.17) is 0 Å². The zero-order valence-electron chi connectivity index (χ0n) is 8.28. The van der Waals surface area contributed by atoms with E-state index in [0.717, 1.165) is 19.0 Å². The van der Waals surface area contributed by atoms with Crippen molar-refractivity contribution in [2.24, 2.45) is 0 Å². The molecule has 1 aliphatic rings. The molecule has 1 aromatic rings. The van der Waals surface area contributed by atoms with Crippen molar-refractivity contribution in [2.75, 3.05) is 18.1 Å². The van der Waals surface area contributed by atoms with Gasteiger partial charge in [0.1, 0.15) is 0 Å². The molecular weight excluding hydrogens is 192 g/mol. The molecule has 2 heterocycles. The average Bonchev–Trinajstić information content (AvgIpc) is 2.72. The van der Waals surface area contributed by atoms with Gasteiger partial charge >= 0.3 is 0 Å². The molecule has 1 fully saturated rings. The van der Waals surface area contributed by atoms with Gasteiger partial charge in [0, 0.05) is 24.2 Å². The van der Waals surface area contributed by atoms with Crippen LogP contribution < -0.4 is 5.32 Å². The van der Waals surface area contributed by atoms with Crippen molar-refractivity contribution < 1.29 is 0 Å². The van der Waals surface area contributed by atoms with Gasteiger partial charge in [0.25, 0.3) is 0 Å². The summed E-state index contributed by atoms with van der Waals surface area (Å²) in [5, 5.41) is 3.58. The highest BCUT2D eigenvalue weighted by atomic mass is 32.2. The van der Waals surface area contributed by atoms with Gasteiger partial charge in [-0.1, -0.05) is 6.07 Å². The summed E-state index contributed by atoms with van der Waals surface area (Å²) < 4.78 is 0. The van der Waals surface area contributed by atoms with E-state index in [2.05, 4.69) is 28.1 Å². The quantitative estimate of drug-likeness (QED) is 0.815. The average molecular weight is 208 g/mol. The third-order valence-corrected chi connectivity index (χ3v) is 3.66. The van der Waals surface area contributed by atoms with Crippen molar-refractivity contribution in [1.29, 1.82) is 0 Å². The van der Waals surface area contributed by atoms with Crippen molar-refractivity contribution in [3.05, 3.63) is 30.1 Å². The second kappa shape index (κ2) is 5.37. The Hall–Kier alpha value is -0.540. The van der Waals surface area contributed by atoms with E-state index < -0.39 is 0 Å². The Morgan fingerprint density at radius 2 is 2.57 bits per heavy atom. The first-order valence-corrected chi connectivity index (χ1v) is 6.30. The molecule has 0 radical (unpaired) electrons. The van der Waals surface area contributed by atoms with Gasteiger partial charge in [0.05, 0.1) is 0 Å². The van der Waals surface area contributed by atoms with Crippen LogP contribution in [0, 0.1) is 0 Å². The summed E-state index contributed by atoms with van der Waals surface area (Å²) >= 11 is 2.05. The van der Waals surface area contributed by atoms with Crippen LogP contribution in [0.15, 0.2) is 24.5 Å². The molecule has 0 amide bonds. The summed E-state index contributed by atoms with van der Waals surface area (Å²) in [6.45, 7) is 1.08. The van der Waals surface area contributed by atoms with Crippen molar-refractivity contribution in [1.82, 2.24) is 10.3 Å². The van der Waals surface area contributed by atoms with Crippen molar-refractivity contribution in [2.45, 2.75) is 18.9 Å². The third kappa shape index (κ3) is 3.00. The lowest BCUT2D eigenvalue weighted by molar-refractivity contribution is 0.560. The largest absolute Gasteiger partial charge is 0.313 e. The van der Waals surface area contributed by atoms with Crippen LogP contribution in [0.25, 0.3) is 0 Å². The smallest absolute Gasteiger partial charge is 0.0300 e. The minimum Gasteiger partial charge on any atom is -0.313 e. The number of aromatic nitrogens is 1. The van der Waals surface area contributed by atoms with Gasteiger partial charge in [0.15, 0.2) is 0 Å². The standard InChI is InChI=1S/C11H16N2S/c1-2-10(8-12-5-1)3-6-13-11-4-7-14-9-11/h1-2,5,8,11,13H,3-4,6-7,9H2. The fraction of sp³-hybridized carbons (Fsp3) is 0.545. The first-order chi connectivity index (χ1) is 6.95. The third-order valence-electron chi connectivity index (χ3n) is 2.50. The van der Waals surface area contributed by atoms with Crippen LogP contribution in [0.3, 0.4) is 0 Å². The fourth-order valence-electron chi connectivity index (χ4n) is 1.66. The number of thioether (sulfide) groups is 1. The molecule has 0 aliphatic carbocycles. The SMILES string of the molecule is c1cncc(CCNC2CCSC2)c1. The first kappa shape index (κ1) is 9.99. The van der Waals surface area contributed by atoms with Crippen LogP contribution in [0.4, 0.5) is 0 Å². The molecule has 3 heteroatoms. The molecule has 0 bridgehead atoms. The molecular formula is C11H16N2S. The molecule has 0 saturated carbocycles. The Balaban J connectivity index is 1.67. The second-order valence-electron chi connectivity index (χ2n) is 3.63. The van der Waals surface area contributed by atoms with Crippen LogP contribution in [0.5, 0.6) is 0 Å². The van der Waals surface area contributed by atoms with E-state index >= 15 is 0 Å². The van der Waals surface area contributed by atoms with Crippen LogP contribution in [0.2, 0.25) is 0 Å². The van der Waals surface area contributed by atoms with Gasteiger partial charge in [0.2, 0.25) is 0 Å². The van der Waals surface area contributed by atoms with Crippen LogP contribution in [-0.4, -0.2) is 29.1 Å². The Morgan fingerprint density at radius 3 is 3.29 bits per heavy atom. The highest BCUT2D eigenvalue weighted by Crippen LogP contribution is 2.16. The van der Waals surface area contributed by atoms with Crippen LogP contribution in [-0.2, 0) is 6.42 Å². The number of rotatable bonds is 4. The Morgan fingerprint density at radius 1 is 1.57 bits per heavy atom. The van der Waals surface area contributed by atoms with E-state index in [9.17, 15) is 0 Å². The van der Waals surface area contributed by atoms with Crippen LogP contribution >= 0.6 is 11.8 Å². The minimum atomic E-state index is 0.747. The molecule has 76 valence electrons. The Bertz CT molecular complexity index is 257. The van der Waals surface area contributed by atoms with Gasteiger partial charge in [-0.05, 0) is 36.8 Å². The maximum atomic E-state index is 4.10. The monoisotopic (exact) mass is 208 g/mol. The van der Waals surface area contributed by atoms with Crippen molar-refractivity contribution in [3.8, 4) is 0 Å². The maximum absolute atomic E-state index is 4.10. The number of nitrogens with one attached hydrogen (secondary N) is 1. The molecule has 1 unspecified atom stereocenters. The van der Waals surface area contributed by atoms with Gasteiger partial charge in [-0.25, -0.2) is 0 Å².